The Morgan fingerprint density at radius 3 is 2.48 bits per heavy atom. The van der Waals surface area contributed by atoms with Crippen molar-refractivity contribution in [1.29, 1.82) is 0 Å². The van der Waals surface area contributed by atoms with Crippen LogP contribution in [0.2, 0.25) is 5.02 Å². The molecule has 0 fully saturated rings. The molecule has 1 aromatic carbocycles. The van der Waals surface area contributed by atoms with Crippen LogP contribution in [0.15, 0.2) is 36.5 Å². The van der Waals surface area contributed by atoms with E-state index in [0.717, 1.165) is 22.5 Å². The zero-order valence-electron chi connectivity index (χ0n) is 14.6. The molecule has 0 saturated carbocycles. The molecule has 1 N–H and O–H groups in total. The highest BCUT2D eigenvalue weighted by atomic mass is 35.5. The number of nitrogens with one attached hydrogen (secondary N) is 1. The lowest BCUT2D eigenvalue weighted by molar-refractivity contribution is 0.0934. The Kier molecular flexibility index (Phi) is 4.63. The Hall–Kier alpha value is -2.60. The number of nitrogens with zero attached hydrogens (tertiary/aromatic N) is 4. The van der Waals surface area contributed by atoms with Gasteiger partial charge in [-0.25, -0.2) is 0 Å². The Bertz CT molecular complexity index is 910. The molecule has 0 unspecified atom stereocenters. The Labute approximate surface area is 151 Å². The topological polar surface area (TPSA) is 64.7 Å². The second-order valence-corrected chi connectivity index (χ2v) is 6.52. The molecule has 6 nitrogen and oxygen atoms in total. The molecule has 3 rings (SSSR count). The summed E-state index contributed by atoms with van der Waals surface area (Å²) >= 11 is 5.93. The van der Waals surface area contributed by atoms with E-state index in [-0.39, 0.29) is 11.9 Å². The molecule has 0 aliphatic carbocycles. The first-order chi connectivity index (χ1) is 11.8. The molecule has 25 heavy (non-hydrogen) atoms. The van der Waals surface area contributed by atoms with E-state index in [2.05, 4.69) is 15.5 Å². The fraction of sp³-hybridized carbons (Fsp3) is 0.278. The van der Waals surface area contributed by atoms with Crippen LogP contribution >= 0.6 is 11.6 Å². The summed E-state index contributed by atoms with van der Waals surface area (Å²) in [5, 5.41) is 12.3. The van der Waals surface area contributed by atoms with Crippen molar-refractivity contribution < 1.29 is 4.79 Å². The van der Waals surface area contributed by atoms with E-state index in [1.165, 1.54) is 0 Å². The zero-order valence-corrected chi connectivity index (χ0v) is 15.4. The highest BCUT2D eigenvalue weighted by Crippen LogP contribution is 2.22. The maximum atomic E-state index is 12.6. The molecule has 0 saturated heterocycles. The number of carbonyl (C=O) groups is 1. The largest absolute Gasteiger partial charge is 0.344 e. The van der Waals surface area contributed by atoms with Crippen LogP contribution in [0.4, 0.5) is 0 Å². The SMILES string of the molecule is Cc1nn(C)cc1[C@H](C)NC(=O)c1cc(-c2ccc(Cl)cc2)n(C)n1. The van der Waals surface area contributed by atoms with E-state index >= 15 is 0 Å². The summed E-state index contributed by atoms with van der Waals surface area (Å²) in [6.07, 6.45) is 1.91. The van der Waals surface area contributed by atoms with Crippen LogP contribution in [-0.2, 0) is 14.1 Å². The number of hydrogen-bond acceptors (Lipinski definition) is 3. The van der Waals surface area contributed by atoms with E-state index in [4.69, 9.17) is 11.6 Å². The quantitative estimate of drug-likeness (QED) is 0.779. The fourth-order valence-electron chi connectivity index (χ4n) is 2.86. The van der Waals surface area contributed by atoms with Crippen LogP contribution in [0, 0.1) is 6.92 Å². The Balaban J connectivity index is 1.80. The third-order valence-corrected chi connectivity index (χ3v) is 4.37. The molecule has 0 spiro atoms. The van der Waals surface area contributed by atoms with E-state index in [9.17, 15) is 4.79 Å². The lowest BCUT2D eigenvalue weighted by atomic mass is 10.1. The number of aryl methyl sites for hydroxylation is 3. The highest BCUT2D eigenvalue weighted by molar-refractivity contribution is 6.30. The van der Waals surface area contributed by atoms with Gasteiger partial charge in [-0.3, -0.25) is 14.2 Å². The van der Waals surface area contributed by atoms with Crippen molar-refractivity contribution in [3.8, 4) is 11.3 Å². The first-order valence-corrected chi connectivity index (χ1v) is 8.34. The molecule has 2 heterocycles. The lowest BCUT2D eigenvalue weighted by Crippen LogP contribution is -2.27. The number of amides is 1. The van der Waals surface area contributed by atoms with Crippen molar-refractivity contribution in [2.75, 3.05) is 0 Å². The van der Waals surface area contributed by atoms with Gasteiger partial charge < -0.3 is 5.32 Å². The average Bonchev–Trinajstić information content (AvgIpc) is 3.10. The number of hydrogen-bond donors (Lipinski definition) is 1. The van der Waals surface area contributed by atoms with Gasteiger partial charge in [-0.2, -0.15) is 10.2 Å². The summed E-state index contributed by atoms with van der Waals surface area (Å²) in [6.45, 7) is 3.86. The fourth-order valence-corrected chi connectivity index (χ4v) is 2.99. The third kappa shape index (κ3) is 3.58. The molecule has 0 aliphatic heterocycles. The molecule has 0 aliphatic rings. The number of rotatable bonds is 4. The molecule has 2 aromatic heterocycles. The number of halogens is 1. The molecule has 0 radical (unpaired) electrons. The van der Waals surface area contributed by atoms with Gasteiger partial charge in [0.15, 0.2) is 5.69 Å². The van der Waals surface area contributed by atoms with Gasteiger partial charge >= 0.3 is 0 Å². The van der Waals surface area contributed by atoms with Crippen molar-refractivity contribution in [1.82, 2.24) is 24.9 Å². The first kappa shape index (κ1) is 17.2. The minimum Gasteiger partial charge on any atom is -0.344 e. The summed E-state index contributed by atoms with van der Waals surface area (Å²) in [7, 11) is 3.68. The monoisotopic (exact) mass is 357 g/mol. The molecular formula is C18H20ClN5O. The normalized spacial score (nSPS) is 12.2. The minimum absolute atomic E-state index is 0.151. The van der Waals surface area contributed by atoms with Crippen LogP contribution in [0.1, 0.15) is 34.7 Å². The second kappa shape index (κ2) is 6.72. The predicted molar refractivity (Wildman–Crippen MR) is 97.5 cm³/mol. The van der Waals surface area contributed by atoms with Crippen molar-refractivity contribution in [2.45, 2.75) is 19.9 Å². The van der Waals surface area contributed by atoms with Gasteiger partial charge in [-0.15, -0.1) is 0 Å². The van der Waals surface area contributed by atoms with Gasteiger partial charge in [0.1, 0.15) is 0 Å². The van der Waals surface area contributed by atoms with Gasteiger partial charge in [-0.05, 0) is 37.6 Å². The summed E-state index contributed by atoms with van der Waals surface area (Å²) in [5.41, 5.74) is 4.07. The lowest BCUT2D eigenvalue weighted by Gasteiger charge is -2.11. The molecule has 0 bridgehead atoms. The second-order valence-electron chi connectivity index (χ2n) is 6.08. The van der Waals surface area contributed by atoms with Gasteiger partial charge in [0.2, 0.25) is 0 Å². The minimum atomic E-state index is -0.216. The summed E-state index contributed by atoms with van der Waals surface area (Å²) in [5.74, 6) is -0.216. The van der Waals surface area contributed by atoms with Crippen LogP contribution in [0.25, 0.3) is 11.3 Å². The van der Waals surface area contributed by atoms with E-state index in [1.807, 2.05) is 58.4 Å². The van der Waals surface area contributed by atoms with Gasteiger partial charge in [0, 0.05) is 30.9 Å². The average molecular weight is 358 g/mol. The van der Waals surface area contributed by atoms with Crippen LogP contribution < -0.4 is 5.32 Å². The first-order valence-electron chi connectivity index (χ1n) is 7.96. The Morgan fingerprint density at radius 2 is 1.88 bits per heavy atom. The van der Waals surface area contributed by atoms with Crippen LogP contribution in [0.5, 0.6) is 0 Å². The van der Waals surface area contributed by atoms with E-state index in [1.54, 1.807) is 15.4 Å². The van der Waals surface area contributed by atoms with Crippen molar-refractivity contribution in [3.05, 3.63) is 58.5 Å². The van der Waals surface area contributed by atoms with Crippen LogP contribution in [-0.4, -0.2) is 25.5 Å². The Morgan fingerprint density at radius 1 is 1.20 bits per heavy atom. The number of benzene rings is 1. The van der Waals surface area contributed by atoms with Crippen molar-refractivity contribution >= 4 is 17.5 Å². The van der Waals surface area contributed by atoms with E-state index in [0.29, 0.717) is 10.7 Å². The molecular weight excluding hydrogens is 338 g/mol. The smallest absolute Gasteiger partial charge is 0.272 e. The maximum absolute atomic E-state index is 12.6. The number of carbonyl (C=O) groups excluding carboxylic acids is 1. The molecule has 1 atom stereocenters. The van der Waals surface area contributed by atoms with Gasteiger partial charge in [-0.1, -0.05) is 23.7 Å². The van der Waals surface area contributed by atoms with Gasteiger partial charge in [0.05, 0.1) is 17.4 Å². The van der Waals surface area contributed by atoms with Crippen molar-refractivity contribution in [3.63, 3.8) is 0 Å². The van der Waals surface area contributed by atoms with E-state index < -0.39 is 0 Å². The third-order valence-electron chi connectivity index (χ3n) is 4.12. The molecule has 1 amide bonds. The standard InChI is InChI=1S/C18H20ClN5O/c1-11(15-10-23(3)21-12(15)2)20-18(25)16-9-17(24(4)22-16)13-5-7-14(19)8-6-13/h5-11H,1-4H3,(H,20,25)/t11-/m0/s1. The maximum Gasteiger partial charge on any atom is 0.272 e. The van der Waals surface area contributed by atoms with Crippen LogP contribution in [0.3, 0.4) is 0 Å². The zero-order chi connectivity index (χ0) is 18.1. The molecule has 130 valence electrons. The summed E-state index contributed by atoms with van der Waals surface area (Å²) in [4.78, 5) is 12.6. The summed E-state index contributed by atoms with van der Waals surface area (Å²) < 4.78 is 3.44. The number of aromatic nitrogens is 4. The molecule has 7 heteroatoms. The predicted octanol–water partition coefficient (Wildman–Crippen LogP) is 3.27. The van der Waals surface area contributed by atoms with Gasteiger partial charge in [0.25, 0.3) is 5.91 Å². The highest BCUT2D eigenvalue weighted by Gasteiger charge is 2.18. The molecule has 3 aromatic rings. The van der Waals surface area contributed by atoms with Crippen molar-refractivity contribution in [2.24, 2.45) is 14.1 Å². The summed E-state index contributed by atoms with van der Waals surface area (Å²) in [6, 6.07) is 9.07.